The molecule has 0 aromatic heterocycles. The Balaban J connectivity index is 1.86. The Bertz CT molecular complexity index is 783. The van der Waals surface area contributed by atoms with Crippen molar-refractivity contribution < 1.29 is 17.3 Å². The molecule has 4 nitrogen and oxygen atoms in total. The third-order valence-electron chi connectivity index (χ3n) is 5.96. The lowest BCUT2D eigenvalue weighted by Crippen LogP contribution is -2.64. The first-order chi connectivity index (χ1) is 12.0. The van der Waals surface area contributed by atoms with E-state index < -0.39 is 12.5 Å². The summed E-state index contributed by atoms with van der Waals surface area (Å²) in [5.41, 5.74) is 1.27. The summed E-state index contributed by atoms with van der Waals surface area (Å²) < 4.78 is 37.1. The smallest absolute Gasteiger partial charge is 0.211 e. The molecule has 5 atom stereocenters. The van der Waals surface area contributed by atoms with Crippen LogP contribution in [0.25, 0.3) is 0 Å². The molecule has 1 aromatic rings. The highest BCUT2D eigenvalue weighted by molar-refractivity contribution is 5.62. The Labute approximate surface area is 134 Å². The third kappa shape index (κ3) is 1.28. The van der Waals surface area contributed by atoms with Crippen LogP contribution in [0.15, 0.2) is 24.3 Å². The zero-order valence-corrected chi connectivity index (χ0v) is 12.7. The van der Waals surface area contributed by atoms with Gasteiger partial charge in [-0.25, -0.2) is 0 Å². The average Bonchev–Trinajstić information content (AvgIpc) is 2.94. The van der Waals surface area contributed by atoms with E-state index in [1.54, 1.807) is 13.2 Å². The van der Waals surface area contributed by atoms with Crippen molar-refractivity contribution in [3.05, 3.63) is 35.4 Å². The van der Waals surface area contributed by atoms with Gasteiger partial charge in [-0.2, -0.15) is 0 Å². The Kier molecular flexibility index (Phi) is 1.90. The Morgan fingerprint density at radius 2 is 2.41 bits per heavy atom. The topological polar surface area (TPSA) is 41.9 Å². The maximum absolute atomic E-state index is 8.90. The van der Waals surface area contributed by atoms with E-state index in [0.717, 1.165) is 18.5 Å². The summed E-state index contributed by atoms with van der Waals surface area (Å²) in [6.07, 6.45) is 2.49. The van der Waals surface area contributed by atoms with Crippen LogP contribution in [0.5, 0.6) is 11.5 Å². The van der Waals surface area contributed by atoms with Crippen molar-refractivity contribution in [1.82, 2.24) is 4.90 Å². The van der Waals surface area contributed by atoms with Gasteiger partial charge < -0.3 is 19.5 Å². The molecule has 4 heteroatoms. The first-order valence-electron chi connectivity index (χ1n) is 9.26. The zero-order chi connectivity index (χ0) is 17.6. The van der Waals surface area contributed by atoms with Crippen molar-refractivity contribution >= 4 is 0 Å². The van der Waals surface area contributed by atoms with Gasteiger partial charge in [0.25, 0.3) is 0 Å². The van der Waals surface area contributed by atoms with Gasteiger partial charge in [0.1, 0.15) is 12.2 Å². The van der Waals surface area contributed by atoms with E-state index in [1.807, 2.05) is 19.2 Å². The molecule has 1 fully saturated rings. The van der Waals surface area contributed by atoms with Crippen LogP contribution in [-0.2, 0) is 11.8 Å². The van der Waals surface area contributed by atoms with Crippen LogP contribution in [0.2, 0.25) is 0 Å². The number of nitrogens with zero attached hydrogens (tertiary/aromatic N) is 1. The molecule has 1 N–H and O–H groups in total. The molecule has 2 unspecified atom stereocenters. The van der Waals surface area contributed by atoms with Crippen LogP contribution >= 0.6 is 0 Å². The zero-order valence-electron chi connectivity index (χ0n) is 15.7. The first-order valence-corrected chi connectivity index (χ1v) is 7.86. The largest absolute Gasteiger partial charge is 0.493 e. The molecular formula is C18H21NO3. The molecule has 2 bridgehead atoms. The number of likely N-dealkylation sites (N-methyl/N-ethyl adjacent to an activating group) is 1. The highest BCUT2D eigenvalue weighted by atomic mass is 16.5. The van der Waals surface area contributed by atoms with Crippen LogP contribution in [-0.4, -0.2) is 50.4 Å². The lowest BCUT2D eigenvalue weighted by molar-refractivity contribution is -0.0453. The van der Waals surface area contributed by atoms with Crippen LogP contribution in [0.4, 0.5) is 0 Å². The minimum absolute atomic E-state index is 0.0153. The highest BCUT2D eigenvalue weighted by Crippen LogP contribution is 2.62. The SMILES string of the molecule is [2H]OC1C=C[C@H]2[C@@H]3N(C)CC[C@@]24c2c(ccc(OC)c2OC14)C3([2H])[2H]. The number of benzene rings is 1. The first kappa shape index (κ1) is 10.3. The second kappa shape index (κ2) is 4.06. The minimum Gasteiger partial charge on any atom is -0.493 e. The fourth-order valence-electron chi connectivity index (χ4n) is 4.97. The van der Waals surface area contributed by atoms with Gasteiger partial charge in [-0.05, 0) is 38.0 Å². The van der Waals surface area contributed by atoms with E-state index in [9.17, 15) is 0 Å². The molecule has 1 aromatic carbocycles. The van der Waals surface area contributed by atoms with Crippen molar-refractivity contribution in [2.75, 3.05) is 20.7 Å². The van der Waals surface area contributed by atoms with Gasteiger partial charge in [-0.3, -0.25) is 0 Å². The van der Waals surface area contributed by atoms with E-state index in [-0.39, 0.29) is 23.5 Å². The molecular weight excluding hydrogens is 278 g/mol. The molecule has 0 amide bonds. The number of ether oxygens (including phenoxy) is 2. The van der Waals surface area contributed by atoms with Gasteiger partial charge in [-0.1, -0.05) is 18.2 Å². The van der Waals surface area contributed by atoms with Crippen molar-refractivity contribution in [2.24, 2.45) is 5.92 Å². The van der Waals surface area contributed by atoms with Crippen LogP contribution < -0.4 is 9.47 Å². The molecule has 0 radical (unpaired) electrons. The Morgan fingerprint density at radius 1 is 1.50 bits per heavy atom. The number of hydrogen-bond donors (Lipinski definition) is 1. The van der Waals surface area contributed by atoms with Crippen molar-refractivity contribution in [3.63, 3.8) is 0 Å². The monoisotopic (exact) mass is 302 g/mol. The maximum Gasteiger partial charge on any atom is 0.211 e. The molecule has 4 aliphatic rings. The molecule has 0 saturated carbocycles. The summed E-state index contributed by atoms with van der Waals surface area (Å²) in [6, 6.07) is 3.38. The lowest BCUT2D eigenvalue weighted by Gasteiger charge is -2.56. The van der Waals surface area contributed by atoms with Crippen LogP contribution in [0, 0.1) is 5.92 Å². The number of piperidine rings is 1. The maximum atomic E-state index is 8.90. The minimum atomic E-state index is -1.49. The van der Waals surface area contributed by atoms with Crippen LogP contribution in [0.3, 0.4) is 0 Å². The summed E-state index contributed by atoms with van der Waals surface area (Å²) in [5, 5.41) is 4.98. The van der Waals surface area contributed by atoms with E-state index in [2.05, 4.69) is 11.0 Å². The standard InChI is InChI=1S/C18H21NO3/c1-19-8-7-18-11-4-5-13(20)17(18)22-16-14(21-2)6-3-10(15(16)18)9-12(11)19/h3-6,11-13,17,20H,7-9H2,1-2H3/t11-,12+,13?,17?,18-/m0/s1/i9D2,20D. The van der Waals surface area contributed by atoms with Gasteiger partial charge in [0.2, 0.25) is 1.43 Å². The number of methoxy groups -OCH3 is 1. The molecule has 5 rings (SSSR count). The second-order valence-electron chi connectivity index (χ2n) is 6.79. The summed E-state index contributed by atoms with van der Waals surface area (Å²) in [4.78, 5) is 2.13. The number of aliphatic hydroxyl groups excluding tert-OH is 1. The van der Waals surface area contributed by atoms with E-state index >= 15 is 0 Å². The van der Waals surface area contributed by atoms with E-state index in [4.69, 9.17) is 18.8 Å². The summed E-state index contributed by atoms with van der Waals surface area (Å²) in [7, 11) is 3.60. The normalized spacial score (nSPS) is 45.3. The quantitative estimate of drug-likeness (QED) is 0.841. The van der Waals surface area contributed by atoms with Crippen molar-refractivity contribution in [2.45, 2.75) is 36.5 Å². The van der Waals surface area contributed by atoms with Crippen molar-refractivity contribution in [3.8, 4) is 11.5 Å². The van der Waals surface area contributed by atoms with Gasteiger partial charge in [0.05, 0.1) is 7.11 Å². The van der Waals surface area contributed by atoms with Gasteiger partial charge in [-0.15, -0.1) is 0 Å². The third-order valence-corrected chi connectivity index (χ3v) is 5.96. The lowest BCUT2D eigenvalue weighted by atomic mass is 9.53. The molecule has 2 aliphatic heterocycles. The summed E-state index contributed by atoms with van der Waals surface area (Å²) in [6.45, 7) is 0.787. The molecule has 22 heavy (non-hydrogen) atoms. The van der Waals surface area contributed by atoms with Gasteiger partial charge >= 0.3 is 0 Å². The number of likely N-dealkylation sites (tertiary alicyclic amines) is 1. The predicted octanol–water partition coefficient (Wildman–Crippen LogP) is 1.50. The summed E-state index contributed by atoms with van der Waals surface area (Å²) in [5.74, 6) is 1.24. The van der Waals surface area contributed by atoms with Crippen molar-refractivity contribution in [1.29, 1.82) is 1.43 Å². The number of hydrogen-bond acceptors (Lipinski definition) is 4. The highest BCUT2D eigenvalue weighted by Gasteiger charge is 2.64. The summed E-state index contributed by atoms with van der Waals surface area (Å²) >= 11 is 0. The molecule has 1 spiro atoms. The molecule has 1 saturated heterocycles. The van der Waals surface area contributed by atoms with E-state index in [1.165, 1.54) is 0 Å². The van der Waals surface area contributed by atoms with Crippen LogP contribution in [0.1, 0.15) is 20.3 Å². The van der Waals surface area contributed by atoms with Gasteiger partial charge in [0.15, 0.2) is 11.5 Å². The van der Waals surface area contributed by atoms with E-state index in [0.29, 0.717) is 17.1 Å². The Morgan fingerprint density at radius 3 is 3.23 bits per heavy atom. The molecule has 116 valence electrons. The molecule has 2 aliphatic carbocycles. The van der Waals surface area contributed by atoms with Gasteiger partial charge in [0, 0.05) is 25.7 Å². The fourth-order valence-corrected chi connectivity index (χ4v) is 4.97. The fraction of sp³-hybridized carbons (Fsp3) is 0.556. The number of rotatable bonds is 2. The average molecular weight is 302 g/mol. The second-order valence-corrected chi connectivity index (χ2v) is 6.79. The molecule has 2 heterocycles. The number of aliphatic hydroxyl groups is 1. The Hall–Kier alpha value is -1.52. The predicted molar refractivity (Wildman–Crippen MR) is 82.5 cm³/mol.